The van der Waals surface area contributed by atoms with Crippen LogP contribution in [-0.4, -0.2) is 40.3 Å². The number of Topliss-reactive ketones (excluding diaryl/α,β-unsaturated/α-hetero) is 1. The number of nitrogens with two attached hydrogens (primary N) is 1. The number of aromatic nitrogens is 1. The maximum Gasteiger partial charge on any atom is 0.259 e. The Balaban J connectivity index is 1.88. The second-order valence-electron chi connectivity index (χ2n) is 7.38. The Hall–Kier alpha value is -3.62. The summed E-state index contributed by atoms with van der Waals surface area (Å²) in [7, 11) is 0. The molecule has 4 rings (SSSR count). The minimum atomic E-state index is -0.716. The fourth-order valence-electron chi connectivity index (χ4n) is 3.96. The van der Waals surface area contributed by atoms with Gasteiger partial charge in [-0.1, -0.05) is 30.3 Å². The molecule has 1 amide bonds. The van der Waals surface area contributed by atoms with Crippen molar-refractivity contribution in [2.45, 2.75) is 19.4 Å². The van der Waals surface area contributed by atoms with E-state index in [0.717, 1.165) is 5.56 Å². The maximum absolute atomic E-state index is 13.4. The minimum Gasteiger partial charge on any atom is -0.389 e. The average molecular weight is 419 g/mol. The lowest BCUT2D eigenvalue weighted by atomic mass is 10.0. The van der Waals surface area contributed by atoms with E-state index in [-0.39, 0.29) is 11.3 Å². The summed E-state index contributed by atoms with van der Waals surface area (Å²) in [6.07, 6.45) is 0.0984. The van der Waals surface area contributed by atoms with Gasteiger partial charge in [0, 0.05) is 28.7 Å². The third kappa shape index (κ3) is 3.56. The molecule has 0 radical (unpaired) electrons. The lowest BCUT2D eigenvalue weighted by molar-refractivity contribution is -0.127. The van der Waals surface area contributed by atoms with Gasteiger partial charge in [0.05, 0.1) is 23.1 Å². The number of amides is 1. The zero-order valence-corrected chi connectivity index (χ0v) is 16.7. The van der Waals surface area contributed by atoms with E-state index in [2.05, 4.69) is 5.32 Å². The largest absolute Gasteiger partial charge is 0.389 e. The third-order valence-electron chi connectivity index (χ3n) is 5.33. The molecule has 1 aliphatic rings. The molecule has 0 saturated carbocycles. The van der Waals surface area contributed by atoms with Crippen molar-refractivity contribution >= 4 is 33.9 Å². The first kappa shape index (κ1) is 20.6. The van der Waals surface area contributed by atoms with Gasteiger partial charge in [-0.25, -0.2) is 0 Å². The highest BCUT2D eigenvalue weighted by molar-refractivity contribution is 6.26. The Morgan fingerprint density at radius 1 is 1.03 bits per heavy atom. The fraction of sp³-hybridized carbons (Fsp3) is 0.217. The minimum absolute atomic E-state index is 0.151. The Labute approximate surface area is 177 Å². The number of nitrogens with one attached hydrogen (secondary N) is 1. The highest BCUT2D eigenvalue weighted by Crippen LogP contribution is 2.39. The Morgan fingerprint density at radius 3 is 2.48 bits per heavy atom. The molecular weight excluding hydrogens is 398 g/mol. The van der Waals surface area contributed by atoms with Crippen LogP contribution in [0.25, 0.3) is 22.0 Å². The second kappa shape index (κ2) is 8.25. The second-order valence-corrected chi connectivity index (χ2v) is 7.38. The Kier molecular flexibility index (Phi) is 5.50. The van der Waals surface area contributed by atoms with Gasteiger partial charge in [0.15, 0.2) is 11.6 Å². The molecule has 158 valence electrons. The van der Waals surface area contributed by atoms with Crippen LogP contribution in [-0.2, 0) is 16.1 Å². The SMILES string of the molecule is NCCCn1c2c(c3ccc(NC(=O)CC(=O)CO)cc3c1=O)C(=O)c1ccccc1-2. The molecule has 4 N–H and O–H groups in total. The van der Waals surface area contributed by atoms with E-state index in [1.54, 1.807) is 28.8 Å². The first-order valence-electron chi connectivity index (χ1n) is 9.93. The van der Waals surface area contributed by atoms with Crippen molar-refractivity contribution in [3.05, 3.63) is 63.9 Å². The number of ketones is 2. The molecule has 0 spiro atoms. The first-order valence-corrected chi connectivity index (χ1v) is 9.93. The molecule has 0 fully saturated rings. The number of carbonyl (C=O) groups is 3. The molecule has 1 aromatic heterocycles. The van der Waals surface area contributed by atoms with E-state index in [0.29, 0.717) is 52.8 Å². The summed E-state index contributed by atoms with van der Waals surface area (Å²) in [6, 6.07) is 11.9. The molecule has 0 aliphatic heterocycles. The third-order valence-corrected chi connectivity index (χ3v) is 5.33. The first-order chi connectivity index (χ1) is 15.0. The van der Waals surface area contributed by atoms with Crippen LogP contribution < -0.4 is 16.6 Å². The van der Waals surface area contributed by atoms with Crippen LogP contribution in [0.15, 0.2) is 47.3 Å². The number of aliphatic hydroxyl groups is 1. The molecule has 3 aromatic rings. The molecule has 8 nitrogen and oxygen atoms in total. The van der Waals surface area contributed by atoms with Crippen molar-refractivity contribution in [2.75, 3.05) is 18.5 Å². The molecule has 0 atom stereocenters. The molecule has 1 heterocycles. The van der Waals surface area contributed by atoms with Gasteiger partial charge < -0.3 is 20.7 Å². The van der Waals surface area contributed by atoms with Crippen LogP contribution >= 0.6 is 0 Å². The zero-order valence-electron chi connectivity index (χ0n) is 16.7. The Bertz CT molecular complexity index is 1290. The molecule has 0 unspecified atom stereocenters. The van der Waals surface area contributed by atoms with Crippen LogP contribution in [0.3, 0.4) is 0 Å². The number of hydrogen-bond donors (Lipinski definition) is 3. The molecule has 0 saturated heterocycles. The van der Waals surface area contributed by atoms with Crippen molar-refractivity contribution in [3.63, 3.8) is 0 Å². The summed E-state index contributed by atoms with van der Waals surface area (Å²) in [5.41, 5.74) is 8.03. The van der Waals surface area contributed by atoms with Gasteiger partial charge in [-0.05, 0) is 25.1 Å². The maximum atomic E-state index is 13.4. The van der Waals surface area contributed by atoms with Gasteiger partial charge in [0.1, 0.15) is 6.61 Å². The van der Waals surface area contributed by atoms with Crippen LogP contribution in [0, 0.1) is 0 Å². The van der Waals surface area contributed by atoms with Crippen molar-refractivity contribution in [3.8, 4) is 11.3 Å². The van der Waals surface area contributed by atoms with E-state index < -0.39 is 24.7 Å². The standard InChI is InChI=1S/C23H21N3O5/c24-8-3-9-26-21-16-4-1-2-5-17(16)22(30)20(21)15-7-6-13(10-18(15)23(26)31)25-19(29)11-14(28)12-27/h1-2,4-7,10,27H,3,8-9,11-12,24H2,(H,25,29). The number of aliphatic hydroxyl groups excluding tert-OH is 1. The molecule has 1 aliphatic carbocycles. The predicted octanol–water partition coefficient (Wildman–Crippen LogP) is 1.45. The number of anilines is 1. The number of benzene rings is 2. The predicted molar refractivity (Wildman–Crippen MR) is 116 cm³/mol. The van der Waals surface area contributed by atoms with Gasteiger partial charge in [-0.15, -0.1) is 0 Å². The quantitative estimate of drug-likeness (QED) is 0.389. The topological polar surface area (TPSA) is 131 Å². The molecule has 8 heteroatoms. The lowest BCUT2D eigenvalue weighted by Crippen LogP contribution is -2.25. The number of pyridine rings is 1. The van der Waals surface area contributed by atoms with Crippen molar-refractivity contribution in [1.82, 2.24) is 4.57 Å². The molecule has 0 bridgehead atoms. The lowest BCUT2D eigenvalue weighted by Gasteiger charge is -2.15. The van der Waals surface area contributed by atoms with Crippen LogP contribution in [0.1, 0.15) is 28.8 Å². The summed E-state index contributed by atoms with van der Waals surface area (Å²) >= 11 is 0. The highest BCUT2D eigenvalue weighted by Gasteiger charge is 2.32. The normalized spacial score (nSPS) is 12.0. The van der Waals surface area contributed by atoms with Crippen molar-refractivity contribution in [2.24, 2.45) is 5.73 Å². The van der Waals surface area contributed by atoms with Crippen molar-refractivity contribution < 1.29 is 19.5 Å². The molecule has 2 aromatic carbocycles. The highest BCUT2D eigenvalue weighted by atomic mass is 16.3. The van der Waals surface area contributed by atoms with E-state index in [9.17, 15) is 19.2 Å². The van der Waals surface area contributed by atoms with Crippen LogP contribution in [0.4, 0.5) is 5.69 Å². The Morgan fingerprint density at radius 2 is 1.77 bits per heavy atom. The van der Waals surface area contributed by atoms with E-state index in [1.165, 1.54) is 6.07 Å². The van der Waals surface area contributed by atoms with Crippen molar-refractivity contribution in [1.29, 1.82) is 0 Å². The van der Waals surface area contributed by atoms with Gasteiger partial charge in [0.2, 0.25) is 5.91 Å². The van der Waals surface area contributed by atoms with E-state index in [1.807, 2.05) is 12.1 Å². The fourth-order valence-corrected chi connectivity index (χ4v) is 3.96. The number of hydrogen-bond acceptors (Lipinski definition) is 6. The number of nitrogens with zero attached hydrogens (tertiary/aromatic N) is 1. The van der Waals surface area contributed by atoms with Gasteiger partial charge in [-0.2, -0.15) is 0 Å². The summed E-state index contributed by atoms with van der Waals surface area (Å²) in [6.45, 7) is 0.0342. The summed E-state index contributed by atoms with van der Waals surface area (Å²) < 4.78 is 1.58. The average Bonchev–Trinajstić information content (AvgIpc) is 3.06. The van der Waals surface area contributed by atoms with Crippen LogP contribution in [0.2, 0.25) is 0 Å². The summed E-state index contributed by atoms with van der Waals surface area (Å²) in [5.74, 6) is -1.35. The summed E-state index contributed by atoms with van der Waals surface area (Å²) in [4.78, 5) is 49.9. The summed E-state index contributed by atoms with van der Waals surface area (Å²) in [5, 5.41) is 12.2. The van der Waals surface area contributed by atoms with Gasteiger partial charge in [0.25, 0.3) is 5.56 Å². The zero-order chi connectivity index (χ0) is 22.1. The van der Waals surface area contributed by atoms with Gasteiger partial charge >= 0.3 is 0 Å². The number of carbonyl (C=O) groups excluding carboxylic acids is 3. The molecular formula is C23H21N3O5. The smallest absolute Gasteiger partial charge is 0.259 e. The van der Waals surface area contributed by atoms with E-state index >= 15 is 0 Å². The van der Waals surface area contributed by atoms with Crippen LogP contribution in [0.5, 0.6) is 0 Å². The molecule has 31 heavy (non-hydrogen) atoms. The monoisotopic (exact) mass is 419 g/mol. The number of fused-ring (bicyclic) bond motifs is 5. The van der Waals surface area contributed by atoms with E-state index in [4.69, 9.17) is 10.8 Å². The number of rotatable bonds is 7. The van der Waals surface area contributed by atoms with Gasteiger partial charge in [-0.3, -0.25) is 19.2 Å².